The molecule has 0 bridgehead atoms. The van der Waals surface area contributed by atoms with Crippen LogP contribution in [0.25, 0.3) is 11.2 Å². The Morgan fingerprint density at radius 2 is 2.00 bits per heavy atom. The smallest absolute Gasteiger partial charge is 0.180 e. The Morgan fingerprint density at radius 3 is 2.80 bits per heavy atom. The van der Waals surface area contributed by atoms with E-state index in [4.69, 9.17) is 0 Å². The second-order valence-corrected chi connectivity index (χ2v) is 6.82. The van der Waals surface area contributed by atoms with E-state index < -0.39 is 0 Å². The lowest BCUT2D eigenvalue weighted by Gasteiger charge is -2.31. The molecule has 1 aliphatic heterocycles. The fourth-order valence-corrected chi connectivity index (χ4v) is 3.06. The lowest BCUT2D eigenvalue weighted by molar-refractivity contribution is 0.339. The van der Waals surface area contributed by atoms with Crippen LogP contribution in [0.4, 0.5) is 5.82 Å². The highest BCUT2D eigenvalue weighted by molar-refractivity contribution is 5.71. The van der Waals surface area contributed by atoms with Gasteiger partial charge in [0.2, 0.25) is 0 Å². The Balaban J connectivity index is 1.89. The molecule has 2 aromatic rings. The minimum atomic E-state index is 0.351. The molecule has 2 aromatic heterocycles. The van der Waals surface area contributed by atoms with Gasteiger partial charge in [-0.3, -0.25) is 4.98 Å². The number of pyridine rings is 1. The Morgan fingerprint density at radius 1 is 1.20 bits per heavy atom. The van der Waals surface area contributed by atoms with Crippen LogP contribution in [0.2, 0.25) is 0 Å². The Bertz CT molecular complexity index is 603. The van der Waals surface area contributed by atoms with Crippen molar-refractivity contribution in [2.45, 2.75) is 46.1 Å². The van der Waals surface area contributed by atoms with Crippen molar-refractivity contribution in [2.24, 2.45) is 5.41 Å². The molecule has 20 heavy (non-hydrogen) atoms. The third kappa shape index (κ3) is 2.74. The van der Waals surface area contributed by atoms with E-state index >= 15 is 0 Å². The molecule has 0 aromatic carbocycles. The van der Waals surface area contributed by atoms with E-state index in [0.717, 1.165) is 23.5 Å². The topological polar surface area (TPSA) is 41.9 Å². The molecule has 0 spiro atoms. The summed E-state index contributed by atoms with van der Waals surface area (Å²) in [5.41, 5.74) is 1.96. The first-order chi connectivity index (χ1) is 9.53. The van der Waals surface area contributed by atoms with Crippen LogP contribution in [0.3, 0.4) is 0 Å². The fourth-order valence-electron chi connectivity index (χ4n) is 3.06. The van der Waals surface area contributed by atoms with Gasteiger partial charge in [0, 0.05) is 25.0 Å². The lowest BCUT2D eigenvalue weighted by atomic mass is 9.87. The molecule has 1 atom stereocenters. The average Bonchev–Trinajstić information content (AvgIpc) is 2.84. The van der Waals surface area contributed by atoms with Crippen molar-refractivity contribution in [2.75, 3.05) is 11.4 Å². The van der Waals surface area contributed by atoms with Gasteiger partial charge >= 0.3 is 0 Å². The highest BCUT2D eigenvalue weighted by atomic mass is 15.2. The minimum absolute atomic E-state index is 0.351. The summed E-state index contributed by atoms with van der Waals surface area (Å²) in [7, 11) is 0. The predicted octanol–water partition coefficient (Wildman–Crippen LogP) is 3.43. The molecule has 1 saturated heterocycles. The van der Waals surface area contributed by atoms with Gasteiger partial charge in [0.15, 0.2) is 5.65 Å². The largest absolute Gasteiger partial charge is 0.354 e. The highest BCUT2D eigenvalue weighted by Gasteiger charge is 2.29. The average molecular weight is 270 g/mol. The van der Waals surface area contributed by atoms with E-state index in [9.17, 15) is 0 Å². The highest BCUT2D eigenvalue weighted by Crippen LogP contribution is 2.32. The number of anilines is 1. The standard InChI is InChI=1S/C16H22N4/c1-16(2,3)11-12-5-4-10-20(12)14-7-6-13-15(19-14)18-9-8-17-13/h6-9,12H,4-5,10-11H2,1-3H3. The third-order valence-electron chi connectivity index (χ3n) is 3.84. The summed E-state index contributed by atoms with van der Waals surface area (Å²) in [4.78, 5) is 15.7. The van der Waals surface area contributed by atoms with Crippen LogP contribution < -0.4 is 4.90 Å². The van der Waals surface area contributed by atoms with Crippen LogP contribution in [-0.4, -0.2) is 27.5 Å². The summed E-state index contributed by atoms with van der Waals surface area (Å²) in [6, 6.07) is 4.70. The molecule has 3 heterocycles. The van der Waals surface area contributed by atoms with Gasteiger partial charge < -0.3 is 4.90 Å². The number of nitrogens with zero attached hydrogens (tertiary/aromatic N) is 4. The fraction of sp³-hybridized carbons (Fsp3) is 0.562. The summed E-state index contributed by atoms with van der Waals surface area (Å²) >= 11 is 0. The quantitative estimate of drug-likeness (QED) is 0.838. The molecule has 3 rings (SSSR count). The zero-order chi connectivity index (χ0) is 14.2. The van der Waals surface area contributed by atoms with E-state index in [1.54, 1.807) is 12.4 Å². The second-order valence-electron chi connectivity index (χ2n) is 6.82. The number of fused-ring (bicyclic) bond motifs is 1. The molecule has 1 fully saturated rings. The van der Waals surface area contributed by atoms with Crippen molar-refractivity contribution in [3.63, 3.8) is 0 Å². The SMILES string of the molecule is CC(C)(C)CC1CCCN1c1ccc2nccnc2n1. The molecule has 4 nitrogen and oxygen atoms in total. The maximum atomic E-state index is 4.69. The lowest BCUT2D eigenvalue weighted by Crippen LogP contribution is -2.33. The molecule has 0 radical (unpaired) electrons. The molecule has 0 N–H and O–H groups in total. The first kappa shape index (κ1) is 13.3. The number of hydrogen-bond donors (Lipinski definition) is 0. The van der Waals surface area contributed by atoms with Gasteiger partial charge in [-0.15, -0.1) is 0 Å². The molecule has 0 amide bonds. The van der Waals surface area contributed by atoms with Gasteiger partial charge in [0.25, 0.3) is 0 Å². The molecule has 106 valence electrons. The van der Waals surface area contributed by atoms with Gasteiger partial charge in [-0.25, -0.2) is 9.97 Å². The van der Waals surface area contributed by atoms with Crippen molar-refractivity contribution < 1.29 is 0 Å². The first-order valence-electron chi connectivity index (χ1n) is 7.37. The summed E-state index contributed by atoms with van der Waals surface area (Å²) in [5, 5.41) is 0. The summed E-state index contributed by atoms with van der Waals surface area (Å²) in [6.07, 6.45) is 7.13. The molecule has 1 aliphatic rings. The number of hydrogen-bond acceptors (Lipinski definition) is 4. The van der Waals surface area contributed by atoms with Gasteiger partial charge in [-0.1, -0.05) is 20.8 Å². The van der Waals surface area contributed by atoms with Crippen molar-refractivity contribution in [3.8, 4) is 0 Å². The van der Waals surface area contributed by atoms with Crippen LogP contribution in [-0.2, 0) is 0 Å². The van der Waals surface area contributed by atoms with Crippen molar-refractivity contribution in [3.05, 3.63) is 24.5 Å². The Kier molecular flexibility index (Phi) is 3.32. The van der Waals surface area contributed by atoms with Crippen molar-refractivity contribution >= 4 is 17.0 Å². The van der Waals surface area contributed by atoms with Crippen LogP contribution in [0.5, 0.6) is 0 Å². The second kappa shape index (κ2) is 5.00. The number of rotatable bonds is 2. The van der Waals surface area contributed by atoms with Crippen molar-refractivity contribution in [1.29, 1.82) is 0 Å². The van der Waals surface area contributed by atoms with E-state index in [1.165, 1.54) is 19.3 Å². The van der Waals surface area contributed by atoms with Gasteiger partial charge in [0.05, 0.1) is 0 Å². The predicted molar refractivity (Wildman–Crippen MR) is 81.8 cm³/mol. The van der Waals surface area contributed by atoms with Gasteiger partial charge in [-0.05, 0) is 36.8 Å². The summed E-state index contributed by atoms with van der Waals surface area (Å²) in [6.45, 7) is 8.02. The minimum Gasteiger partial charge on any atom is -0.354 e. The molecule has 4 heteroatoms. The third-order valence-corrected chi connectivity index (χ3v) is 3.84. The Hall–Kier alpha value is -1.71. The number of aromatic nitrogens is 3. The molecular formula is C16H22N4. The van der Waals surface area contributed by atoms with E-state index in [2.05, 4.69) is 46.7 Å². The first-order valence-corrected chi connectivity index (χ1v) is 7.37. The van der Waals surface area contributed by atoms with Crippen molar-refractivity contribution in [1.82, 2.24) is 15.0 Å². The van der Waals surface area contributed by atoms with E-state index in [1.807, 2.05) is 6.07 Å². The maximum Gasteiger partial charge on any atom is 0.180 e. The molecular weight excluding hydrogens is 248 g/mol. The van der Waals surface area contributed by atoms with Gasteiger partial charge in [-0.2, -0.15) is 0 Å². The summed E-state index contributed by atoms with van der Waals surface area (Å²) < 4.78 is 0. The monoisotopic (exact) mass is 270 g/mol. The zero-order valence-electron chi connectivity index (χ0n) is 12.5. The molecule has 0 aliphatic carbocycles. The van der Waals surface area contributed by atoms with E-state index in [0.29, 0.717) is 11.5 Å². The molecule has 1 unspecified atom stereocenters. The van der Waals surface area contributed by atoms with E-state index in [-0.39, 0.29) is 0 Å². The maximum absolute atomic E-state index is 4.69. The van der Waals surface area contributed by atoms with Gasteiger partial charge in [0.1, 0.15) is 11.3 Å². The van der Waals surface area contributed by atoms with Crippen LogP contribution in [0, 0.1) is 5.41 Å². The van der Waals surface area contributed by atoms with Crippen LogP contribution >= 0.6 is 0 Å². The summed E-state index contributed by atoms with van der Waals surface area (Å²) in [5.74, 6) is 1.05. The zero-order valence-corrected chi connectivity index (χ0v) is 12.5. The molecule has 0 saturated carbocycles. The Labute approximate surface area is 120 Å². The normalized spacial score (nSPS) is 19.8. The van der Waals surface area contributed by atoms with Crippen LogP contribution in [0.1, 0.15) is 40.0 Å². The van der Waals surface area contributed by atoms with Crippen LogP contribution in [0.15, 0.2) is 24.5 Å².